The summed E-state index contributed by atoms with van der Waals surface area (Å²) in [5.74, 6) is 1.98. The summed E-state index contributed by atoms with van der Waals surface area (Å²) < 4.78 is 11.1. The Hall–Kier alpha value is -2.71. The number of rotatable bonds is 7. The van der Waals surface area contributed by atoms with Crippen LogP contribution in [0.3, 0.4) is 0 Å². The number of thiophene rings is 1. The van der Waals surface area contributed by atoms with Crippen LogP contribution in [0.25, 0.3) is 10.7 Å². The standard InChI is InChI=1S/C22H26N4O3S/c1-15(2)28-18-9-7-17(8-10-18)23-22(27)16-5-3-11-26(13-16)14-20-24-21(25-29-20)19-6-4-12-30-19/h4,6-10,12,15-16H,3,5,11,13-14H2,1-2H3,(H,23,27). The molecule has 158 valence electrons. The fourth-order valence-electron chi connectivity index (χ4n) is 3.56. The van der Waals surface area contributed by atoms with Crippen molar-refractivity contribution in [3.05, 3.63) is 47.7 Å². The Morgan fingerprint density at radius 1 is 1.33 bits per heavy atom. The molecule has 1 aromatic carbocycles. The highest BCUT2D eigenvalue weighted by molar-refractivity contribution is 7.13. The van der Waals surface area contributed by atoms with Gasteiger partial charge in [-0.1, -0.05) is 11.2 Å². The Balaban J connectivity index is 1.31. The molecule has 1 amide bonds. The lowest BCUT2D eigenvalue weighted by molar-refractivity contribution is -0.121. The smallest absolute Gasteiger partial charge is 0.241 e. The van der Waals surface area contributed by atoms with Gasteiger partial charge in [0.05, 0.1) is 23.4 Å². The molecule has 2 aromatic heterocycles. The molecule has 1 aliphatic heterocycles. The lowest BCUT2D eigenvalue weighted by Crippen LogP contribution is -2.40. The molecule has 8 heteroatoms. The summed E-state index contributed by atoms with van der Waals surface area (Å²) in [6.45, 7) is 6.13. The third-order valence-corrected chi connectivity index (χ3v) is 5.80. The van der Waals surface area contributed by atoms with Crippen LogP contribution in [-0.2, 0) is 11.3 Å². The summed E-state index contributed by atoms with van der Waals surface area (Å²) in [6.07, 6.45) is 1.96. The first-order valence-corrected chi connectivity index (χ1v) is 11.1. The predicted molar refractivity (Wildman–Crippen MR) is 116 cm³/mol. The van der Waals surface area contributed by atoms with Gasteiger partial charge in [-0.05, 0) is 68.9 Å². The van der Waals surface area contributed by atoms with Crippen LogP contribution in [0.15, 0.2) is 46.3 Å². The minimum Gasteiger partial charge on any atom is -0.491 e. The van der Waals surface area contributed by atoms with Crippen molar-refractivity contribution in [1.82, 2.24) is 15.0 Å². The Morgan fingerprint density at radius 3 is 2.90 bits per heavy atom. The van der Waals surface area contributed by atoms with Crippen LogP contribution in [0, 0.1) is 5.92 Å². The van der Waals surface area contributed by atoms with E-state index in [0.717, 1.165) is 35.7 Å². The first-order chi connectivity index (χ1) is 14.6. The first-order valence-electron chi connectivity index (χ1n) is 10.2. The lowest BCUT2D eigenvalue weighted by Gasteiger charge is -2.30. The highest BCUT2D eigenvalue weighted by Crippen LogP contribution is 2.24. The van der Waals surface area contributed by atoms with Crippen molar-refractivity contribution in [3.63, 3.8) is 0 Å². The van der Waals surface area contributed by atoms with Gasteiger partial charge < -0.3 is 14.6 Å². The molecule has 3 aromatic rings. The molecule has 1 saturated heterocycles. The number of aromatic nitrogens is 2. The first kappa shape index (κ1) is 20.6. The summed E-state index contributed by atoms with van der Waals surface area (Å²) >= 11 is 1.58. The van der Waals surface area contributed by atoms with Gasteiger partial charge in [0.1, 0.15) is 5.75 Å². The average Bonchev–Trinajstić information content (AvgIpc) is 3.41. The SMILES string of the molecule is CC(C)Oc1ccc(NC(=O)C2CCCN(Cc3nc(-c4cccs4)no3)C2)cc1. The molecule has 7 nitrogen and oxygen atoms in total. The normalized spacial score (nSPS) is 17.2. The second kappa shape index (κ2) is 9.40. The molecule has 1 aliphatic rings. The highest BCUT2D eigenvalue weighted by atomic mass is 32.1. The van der Waals surface area contributed by atoms with Gasteiger partial charge in [-0.2, -0.15) is 4.98 Å². The molecular formula is C22H26N4O3S. The molecule has 3 heterocycles. The predicted octanol–water partition coefficient (Wildman–Crippen LogP) is 4.44. The van der Waals surface area contributed by atoms with Crippen LogP contribution in [0.2, 0.25) is 0 Å². The van der Waals surface area contributed by atoms with E-state index in [1.54, 1.807) is 11.3 Å². The van der Waals surface area contributed by atoms with Gasteiger partial charge in [0, 0.05) is 12.2 Å². The maximum atomic E-state index is 12.8. The van der Waals surface area contributed by atoms with Gasteiger partial charge in [0.2, 0.25) is 17.6 Å². The number of carbonyl (C=O) groups excluding carboxylic acids is 1. The molecule has 4 rings (SSSR count). The minimum absolute atomic E-state index is 0.0435. The number of hydrogen-bond donors (Lipinski definition) is 1. The van der Waals surface area contributed by atoms with Gasteiger partial charge in [-0.25, -0.2) is 0 Å². The fourth-order valence-corrected chi connectivity index (χ4v) is 4.21. The van der Waals surface area contributed by atoms with Crippen molar-refractivity contribution >= 4 is 22.9 Å². The van der Waals surface area contributed by atoms with Gasteiger partial charge >= 0.3 is 0 Å². The zero-order valence-corrected chi connectivity index (χ0v) is 18.0. The van der Waals surface area contributed by atoms with Crippen LogP contribution in [0.1, 0.15) is 32.6 Å². The number of ether oxygens (including phenoxy) is 1. The number of likely N-dealkylation sites (tertiary alicyclic amines) is 1. The molecular weight excluding hydrogens is 400 g/mol. The third-order valence-electron chi connectivity index (χ3n) is 4.94. The zero-order chi connectivity index (χ0) is 20.9. The number of carbonyl (C=O) groups is 1. The molecule has 0 spiro atoms. The molecule has 0 bridgehead atoms. The van der Waals surface area contributed by atoms with E-state index in [0.29, 0.717) is 24.8 Å². The second-order valence-electron chi connectivity index (χ2n) is 7.74. The molecule has 1 atom stereocenters. The lowest BCUT2D eigenvalue weighted by atomic mass is 9.97. The number of nitrogens with zero attached hydrogens (tertiary/aromatic N) is 3. The Labute approximate surface area is 180 Å². The highest BCUT2D eigenvalue weighted by Gasteiger charge is 2.27. The summed E-state index contributed by atoms with van der Waals surface area (Å²) in [7, 11) is 0. The molecule has 0 radical (unpaired) electrons. The number of anilines is 1. The topological polar surface area (TPSA) is 80.5 Å². The Bertz CT molecular complexity index is 953. The van der Waals surface area contributed by atoms with E-state index in [9.17, 15) is 4.79 Å². The number of hydrogen-bond acceptors (Lipinski definition) is 7. The molecule has 0 saturated carbocycles. The molecule has 0 aliphatic carbocycles. The van der Waals surface area contributed by atoms with Crippen molar-refractivity contribution in [2.75, 3.05) is 18.4 Å². The summed E-state index contributed by atoms with van der Waals surface area (Å²) in [4.78, 5) is 20.5. The second-order valence-corrected chi connectivity index (χ2v) is 8.69. The largest absolute Gasteiger partial charge is 0.491 e. The third kappa shape index (κ3) is 5.25. The van der Waals surface area contributed by atoms with Gasteiger partial charge in [0.25, 0.3) is 0 Å². The fraction of sp³-hybridized carbons (Fsp3) is 0.409. The van der Waals surface area contributed by atoms with Crippen molar-refractivity contribution in [3.8, 4) is 16.5 Å². The van der Waals surface area contributed by atoms with E-state index in [1.165, 1.54) is 0 Å². The van der Waals surface area contributed by atoms with Crippen molar-refractivity contribution < 1.29 is 14.1 Å². The number of nitrogens with one attached hydrogen (secondary N) is 1. The Morgan fingerprint density at radius 2 is 2.17 bits per heavy atom. The summed E-state index contributed by atoms with van der Waals surface area (Å²) in [6, 6.07) is 11.4. The summed E-state index contributed by atoms with van der Waals surface area (Å²) in [5.41, 5.74) is 0.783. The quantitative estimate of drug-likeness (QED) is 0.602. The number of benzene rings is 1. The molecule has 1 N–H and O–H groups in total. The van der Waals surface area contributed by atoms with E-state index in [2.05, 4.69) is 20.4 Å². The van der Waals surface area contributed by atoms with Crippen LogP contribution < -0.4 is 10.1 Å². The van der Waals surface area contributed by atoms with E-state index in [-0.39, 0.29) is 17.9 Å². The van der Waals surface area contributed by atoms with Crippen LogP contribution in [0.5, 0.6) is 5.75 Å². The summed E-state index contributed by atoms with van der Waals surface area (Å²) in [5, 5.41) is 9.09. The van der Waals surface area contributed by atoms with Crippen molar-refractivity contribution in [2.24, 2.45) is 5.92 Å². The van der Waals surface area contributed by atoms with Crippen molar-refractivity contribution in [1.29, 1.82) is 0 Å². The average molecular weight is 427 g/mol. The maximum absolute atomic E-state index is 12.8. The minimum atomic E-state index is -0.0648. The van der Waals surface area contributed by atoms with Gasteiger partial charge in [0.15, 0.2) is 0 Å². The zero-order valence-electron chi connectivity index (χ0n) is 17.2. The van der Waals surface area contributed by atoms with Crippen LogP contribution in [0.4, 0.5) is 5.69 Å². The monoisotopic (exact) mass is 426 g/mol. The van der Waals surface area contributed by atoms with E-state index in [4.69, 9.17) is 9.26 Å². The van der Waals surface area contributed by atoms with E-state index >= 15 is 0 Å². The number of piperidine rings is 1. The molecule has 30 heavy (non-hydrogen) atoms. The van der Waals surface area contributed by atoms with E-state index in [1.807, 2.05) is 55.6 Å². The van der Waals surface area contributed by atoms with Gasteiger partial charge in [-0.15, -0.1) is 11.3 Å². The van der Waals surface area contributed by atoms with Crippen LogP contribution in [-0.4, -0.2) is 40.1 Å². The van der Waals surface area contributed by atoms with Crippen molar-refractivity contribution in [2.45, 2.75) is 39.3 Å². The number of amides is 1. The molecule has 1 unspecified atom stereocenters. The maximum Gasteiger partial charge on any atom is 0.241 e. The Kier molecular flexibility index (Phi) is 6.44. The van der Waals surface area contributed by atoms with E-state index < -0.39 is 0 Å². The van der Waals surface area contributed by atoms with Gasteiger partial charge in [-0.3, -0.25) is 9.69 Å². The van der Waals surface area contributed by atoms with Crippen LogP contribution >= 0.6 is 11.3 Å². The molecule has 1 fully saturated rings.